The van der Waals surface area contributed by atoms with E-state index in [0.29, 0.717) is 6.54 Å². The van der Waals surface area contributed by atoms with Crippen LogP contribution in [0.15, 0.2) is 42.6 Å². The number of nitrogens with zero attached hydrogens (tertiary/aromatic N) is 1. The van der Waals surface area contributed by atoms with Crippen LogP contribution < -0.4 is 11.1 Å². The minimum Gasteiger partial charge on any atom is -0.464 e. The molecular formula is C14H15N3O2. The number of esters is 1. The topological polar surface area (TPSA) is 77.2 Å². The number of benzene rings is 1. The zero-order chi connectivity index (χ0) is 13.7. The van der Waals surface area contributed by atoms with Gasteiger partial charge in [-0.3, -0.25) is 0 Å². The van der Waals surface area contributed by atoms with Crippen molar-refractivity contribution in [1.82, 2.24) is 4.98 Å². The third kappa shape index (κ3) is 3.22. The van der Waals surface area contributed by atoms with E-state index in [0.717, 1.165) is 16.9 Å². The number of carbonyl (C=O) groups is 1. The average molecular weight is 257 g/mol. The van der Waals surface area contributed by atoms with Crippen LogP contribution in [0.4, 0.5) is 11.4 Å². The van der Waals surface area contributed by atoms with Crippen LogP contribution in [0.2, 0.25) is 0 Å². The van der Waals surface area contributed by atoms with Crippen LogP contribution in [0.5, 0.6) is 0 Å². The molecule has 19 heavy (non-hydrogen) atoms. The van der Waals surface area contributed by atoms with E-state index in [1.165, 1.54) is 7.11 Å². The molecule has 0 aliphatic carbocycles. The summed E-state index contributed by atoms with van der Waals surface area (Å²) in [7, 11) is 1.33. The Balaban J connectivity index is 2.08. The highest BCUT2D eigenvalue weighted by Gasteiger charge is 2.07. The summed E-state index contributed by atoms with van der Waals surface area (Å²) in [5, 5.41) is 3.19. The Labute approximate surface area is 111 Å². The number of nitrogens with two attached hydrogens (primary N) is 1. The molecule has 1 heterocycles. The largest absolute Gasteiger partial charge is 0.464 e. The predicted octanol–water partition coefficient (Wildman–Crippen LogP) is 2.06. The molecule has 0 amide bonds. The molecule has 0 radical (unpaired) electrons. The van der Waals surface area contributed by atoms with Crippen LogP contribution in [-0.4, -0.2) is 18.1 Å². The fraction of sp³-hybridized carbons (Fsp3) is 0.143. The first-order chi connectivity index (χ1) is 9.20. The Bertz CT molecular complexity index is 584. The van der Waals surface area contributed by atoms with Gasteiger partial charge in [0, 0.05) is 24.1 Å². The summed E-state index contributed by atoms with van der Waals surface area (Å²) in [5.74, 6) is -0.456. The minimum atomic E-state index is -0.456. The first-order valence-corrected chi connectivity index (χ1v) is 5.82. The molecule has 0 saturated carbocycles. The van der Waals surface area contributed by atoms with Crippen molar-refractivity contribution in [3.05, 3.63) is 53.9 Å². The third-order valence-corrected chi connectivity index (χ3v) is 2.69. The van der Waals surface area contributed by atoms with Crippen molar-refractivity contribution in [1.29, 1.82) is 0 Å². The second-order valence-electron chi connectivity index (χ2n) is 3.97. The maximum absolute atomic E-state index is 11.4. The van der Waals surface area contributed by atoms with Crippen LogP contribution in [0.25, 0.3) is 0 Å². The number of rotatable bonds is 4. The summed E-state index contributed by atoms with van der Waals surface area (Å²) in [5.41, 5.74) is 8.65. The molecule has 1 aromatic heterocycles. The van der Waals surface area contributed by atoms with Crippen molar-refractivity contribution in [2.45, 2.75) is 6.54 Å². The molecule has 5 heteroatoms. The molecule has 0 atom stereocenters. The molecule has 0 aliphatic heterocycles. The lowest BCUT2D eigenvalue weighted by atomic mass is 10.2. The number of hydrogen-bond donors (Lipinski definition) is 2. The van der Waals surface area contributed by atoms with Gasteiger partial charge in [0.25, 0.3) is 0 Å². The lowest BCUT2D eigenvalue weighted by Gasteiger charge is -2.09. The average Bonchev–Trinajstić information content (AvgIpc) is 2.46. The number of pyridine rings is 1. The van der Waals surface area contributed by atoms with Crippen molar-refractivity contribution >= 4 is 17.3 Å². The highest BCUT2D eigenvalue weighted by molar-refractivity contribution is 5.88. The highest BCUT2D eigenvalue weighted by Crippen LogP contribution is 2.14. The summed E-state index contributed by atoms with van der Waals surface area (Å²) >= 11 is 0. The van der Waals surface area contributed by atoms with E-state index in [4.69, 9.17) is 5.73 Å². The normalized spacial score (nSPS) is 9.95. The SMILES string of the molecule is COC(=O)c1cc(NCc2ccccc2N)ccn1. The second-order valence-corrected chi connectivity index (χ2v) is 3.97. The summed E-state index contributed by atoms with van der Waals surface area (Å²) in [6.07, 6.45) is 1.56. The fourth-order valence-corrected chi connectivity index (χ4v) is 1.65. The zero-order valence-corrected chi connectivity index (χ0v) is 10.6. The number of carbonyl (C=O) groups excluding carboxylic acids is 1. The first-order valence-electron chi connectivity index (χ1n) is 5.82. The molecule has 3 N–H and O–H groups in total. The van der Waals surface area contributed by atoms with Gasteiger partial charge in [0.2, 0.25) is 0 Å². The van der Waals surface area contributed by atoms with E-state index in [-0.39, 0.29) is 5.69 Å². The maximum Gasteiger partial charge on any atom is 0.356 e. The van der Waals surface area contributed by atoms with Crippen molar-refractivity contribution in [2.75, 3.05) is 18.2 Å². The summed E-state index contributed by atoms with van der Waals surface area (Å²) in [6, 6.07) is 11.0. The number of methoxy groups -OCH3 is 1. The second kappa shape index (κ2) is 5.86. The van der Waals surface area contributed by atoms with Crippen LogP contribution in [0.3, 0.4) is 0 Å². The van der Waals surface area contributed by atoms with Gasteiger partial charge >= 0.3 is 5.97 Å². The van der Waals surface area contributed by atoms with Gasteiger partial charge < -0.3 is 15.8 Å². The molecule has 98 valence electrons. The van der Waals surface area contributed by atoms with Gasteiger partial charge in [0.1, 0.15) is 5.69 Å². The molecule has 5 nitrogen and oxygen atoms in total. The lowest BCUT2D eigenvalue weighted by molar-refractivity contribution is 0.0594. The monoisotopic (exact) mass is 257 g/mol. The van der Waals surface area contributed by atoms with Crippen molar-refractivity contribution in [3.8, 4) is 0 Å². The molecule has 0 unspecified atom stereocenters. The van der Waals surface area contributed by atoms with E-state index in [9.17, 15) is 4.79 Å². The van der Waals surface area contributed by atoms with Crippen molar-refractivity contribution in [3.63, 3.8) is 0 Å². The number of nitrogen functional groups attached to an aromatic ring is 1. The van der Waals surface area contributed by atoms with Crippen molar-refractivity contribution in [2.24, 2.45) is 0 Å². The quantitative estimate of drug-likeness (QED) is 0.647. The van der Waals surface area contributed by atoms with E-state index in [1.807, 2.05) is 24.3 Å². The van der Waals surface area contributed by atoms with E-state index >= 15 is 0 Å². The summed E-state index contributed by atoms with van der Waals surface area (Å²) in [6.45, 7) is 0.581. The van der Waals surface area contributed by atoms with Crippen LogP contribution in [0.1, 0.15) is 16.1 Å². The minimum absolute atomic E-state index is 0.272. The molecule has 2 rings (SSSR count). The molecule has 0 aliphatic rings. The Morgan fingerprint density at radius 3 is 2.89 bits per heavy atom. The Kier molecular flexibility index (Phi) is 3.97. The van der Waals surface area contributed by atoms with Crippen LogP contribution in [-0.2, 0) is 11.3 Å². The predicted molar refractivity (Wildman–Crippen MR) is 73.8 cm³/mol. The zero-order valence-electron chi connectivity index (χ0n) is 10.6. The Morgan fingerprint density at radius 2 is 2.16 bits per heavy atom. The third-order valence-electron chi connectivity index (χ3n) is 2.69. The van der Waals surface area contributed by atoms with Gasteiger partial charge in [-0.1, -0.05) is 18.2 Å². The number of ether oxygens (including phenoxy) is 1. The molecule has 1 aromatic carbocycles. The Hall–Kier alpha value is -2.56. The summed E-state index contributed by atoms with van der Waals surface area (Å²) in [4.78, 5) is 15.3. The molecule has 0 fully saturated rings. The van der Waals surface area contributed by atoms with Gasteiger partial charge in [-0.25, -0.2) is 9.78 Å². The number of nitrogens with one attached hydrogen (secondary N) is 1. The standard InChI is InChI=1S/C14H15N3O2/c1-19-14(18)13-8-11(6-7-16-13)17-9-10-4-2-3-5-12(10)15/h2-8H,9,15H2,1H3,(H,16,17). The van der Waals surface area contributed by atoms with Gasteiger partial charge in [-0.05, 0) is 23.8 Å². The molecular weight excluding hydrogens is 242 g/mol. The first kappa shape index (κ1) is 12.9. The van der Waals surface area contributed by atoms with Crippen LogP contribution >= 0.6 is 0 Å². The fourth-order valence-electron chi connectivity index (χ4n) is 1.65. The smallest absolute Gasteiger partial charge is 0.356 e. The number of para-hydroxylation sites is 1. The van der Waals surface area contributed by atoms with E-state index in [2.05, 4.69) is 15.0 Å². The van der Waals surface area contributed by atoms with Crippen LogP contribution in [0, 0.1) is 0 Å². The van der Waals surface area contributed by atoms with Gasteiger partial charge in [0.15, 0.2) is 0 Å². The molecule has 0 spiro atoms. The molecule has 2 aromatic rings. The maximum atomic E-state index is 11.4. The lowest BCUT2D eigenvalue weighted by Crippen LogP contribution is -2.06. The highest BCUT2D eigenvalue weighted by atomic mass is 16.5. The van der Waals surface area contributed by atoms with Crippen molar-refractivity contribution < 1.29 is 9.53 Å². The van der Waals surface area contributed by atoms with E-state index < -0.39 is 5.97 Å². The molecule has 0 saturated heterocycles. The van der Waals surface area contributed by atoms with Gasteiger partial charge in [0.05, 0.1) is 7.11 Å². The Morgan fingerprint density at radius 1 is 1.37 bits per heavy atom. The number of anilines is 2. The number of aromatic nitrogens is 1. The molecule has 0 bridgehead atoms. The van der Waals surface area contributed by atoms with E-state index in [1.54, 1.807) is 18.3 Å². The van der Waals surface area contributed by atoms with Gasteiger partial charge in [-0.2, -0.15) is 0 Å². The van der Waals surface area contributed by atoms with Gasteiger partial charge in [-0.15, -0.1) is 0 Å². The summed E-state index contributed by atoms with van der Waals surface area (Å²) < 4.78 is 4.62. The number of hydrogen-bond acceptors (Lipinski definition) is 5.